The summed E-state index contributed by atoms with van der Waals surface area (Å²) in [7, 11) is -4.09. The SMILES string of the molecule is CC(=O)N[C@H]1[C@H]([C@H](O)[C@H](O)CNS(=O)(=O)c2ccccc2)O[C@@](OCCCn2cc(-c3ccc(-c4ccccc4)cc3)nn2)(C(=O)[O-])C[C@@H]1O.[Na+]. The van der Waals surface area contributed by atoms with Crippen molar-refractivity contribution in [1.82, 2.24) is 25.0 Å². The van der Waals surface area contributed by atoms with Crippen LogP contribution in [0.2, 0.25) is 0 Å². The van der Waals surface area contributed by atoms with Crippen LogP contribution in [0.3, 0.4) is 0 Å². The maximum atomic E-state index is 12.6. The Morgan fingerprint density at radius 3 is 2.25 bits per heavy atom. The van der Waals surface area contributed by atoms with E-state index in [1.807, 2.05) is 54.6 Å². The van der Waals surface area contributed by atoms with Crippen molar-refractivity contribution in [2.24, 2.45) is 0 Å². The normalized spacial score (nSPS) is 21.6. The van der Waals surface area contributed by atoms with Crippen molar-refractivity contribution in [2.75, 3.05) is 13.2 Å². The number of aromatic nitrogens is 3. The van der Waals surface area contributed by atoms with Gasteiger partial charge >= 0.3 is 29.6 Å². The number of sulfonamides is 1. The van der Waals surface area contributed by atoms with Gasteiger partial charge in [0.05, 0.1) is 35.9 Å². The molecule has 1 aromatic heterocycles. The topological polar surface area (TPSA) is 225 Å². The first-order valence-corrected chi connectivity index (χ1v) is 17.3. The number of carboxylic acids is 1. The second-order valence-corrected chi connectivity index (χ2v) is 13.6. The molecule has 15 nitrogen and oxygen atoms in total. The molecule has 6 atom stereocenters. The zero-order valence-corrected chi connectivity index (χ0v) is 30.8. The molecule has 3 aromatic carbocycles. The largest absolute Gasteiger partial charge is 1.00 e. The molecule has 0 spiro atoms. The van der Waals surface area contributed by atoms with Crippen molar-refractivity contribution in [2.45, 2.75) is 67.5 Å². The molecule has 1 aliphatic rings. The molecule has 1 amide bonds. The van der Waals surface area contributed by atoms with Gasteiger partial charge in [-0.3, -0.25) is 9.48 Å². The Morgan fingerprint density at radius 1 is 1.02 bits per heavy atom. The van der Waals surface area contributed by atoms with Crippen LogP contribution in [0.1, 0.15) is 19.8 Å². The van der Waals surface area contributed by atoms with Gasteiger partial charge in [-0.05, 0) is 29.7 Å². The van der Waals surface area contributed by atoms with Gasteiger partial charge in [-0.2, -0.15) is 0 Å². The first-order chi connectivity index (χ1) is 23.9. The average Bonchev–Trinajstić information content (AvgIpc) is 3.59. The van der Waals surface area contributed by atoms with E-state index < -0.39 is 71.1 Å². The number of aliphatic hydroxyl groups is 3. The van der Waals surface area contributed by atoms with Gasteiger partial charge < -0.3 is 40.0 Å². The van der Waals surface area contributed by atoms with E-state index in [2.05, 4.69) is 20.4 Å². The molecule has 0 saturated carbocycles. The molecule has 266 valence electrons. The van der Waals surface area contributed by atoms with Crippen LogP contribution in [-0.2, 0) is 35.6 Å². The summed E-state index contributed by atoms with van der Waals surface area (Å²) in [5, 5.41) is 55.9. The number of aliphatic hydroxyl groups excluding tert-OH is 3. The Bertz CT molecular complexity index is 1850. The van der Waals surface area contributed by atoms with Gasteiger partial charge in [0.15, 0.2) is 0 Å². The predicted octanol–water partition coefficient (Wildman–Crippen LogP) is -3.18. The Balaban J connectivity index is 0.00000583. The molecule has 5 N–H and O–H groups in total. The fourth-order valence-electron chi connectivity index (χ4n) is 5.63. The first kappa shape index (κ1) is 40.2. The van der Waals surface area contributed by atoms with Crippen LogP contribution in [0.5, 0.6) is 0 Å². The third-order valence-electron chi connectivity index (χ3n) is 8.21. The van der Waals surface area contributed by atoms with Crippen molar-refractivity contribution in [3.05, 3.63) is 91.1 Å². The number of nitrogens with zero attached hydrogens (tertiary/aromatic N) is 3. The number of carboxylic acid groups (broad SMARTS) is 1. The minimum absolute atomic E-state index is 0. The molecule has 1 saturated heterocycles. The Hall–Kier alpha value is -3.55. The molecule has 51 heavy (non-hydrogen) atoms. The zero-order valence-electron chi connectivity index (χ0n) is 28.0. The molecular formula is C34H38N5NaO10S. The van der Waals surface area contributed by atoms with E-state index >= 15 is 0 Å². The van der Waals surface area contributed by atoms with Crippen LogP contribution < -0.4 is 44.7 Å². The van der Waals surface area contributed by atoms with Crippen molar-refractivity contribution < 1.29 is 77.5 Å². The summed E-state index contributed by atoms with van der Waals surface area (Å²) in [6.45, 7) is 0.459. The summed E-state index contributed by atoms with van der Waals surface area (Å²) < 4.78 is 40.3. The fourth-order valence-corrected chi connectivity index (χ4v) is 6.70. The smallest absolute Gasteiger partial charge is 0.544 e. The molecule has 1 fully saturated rings. The van der Waals surface area contributed by atoms with Gasteiger partial charge in [-0.25, -0.2) is 13.1 Å². The van der Waals surface area contributed by atoms with E-state index in [1.54, 1.807) is 16.9 Å². The Labute approximate surface area is 317 Å². The number of aryl methyl sites for hydroxylation is 1. The van der Waals surface area contributed by atoms with Crippen molar-refractivity contribution in [3.63, 3.8) is 0 Å². The zero-order chi connectivity index (χ0) is 35.9. The van der Waals surface area contributed by atoms with E-state index in [1.165, 1.54) is 24.3 Å². The number of hydrogen-bond acceptors (Lipinski definition) is 12. The van der Waals surface area contributed by atoms with Gasteiger partial charge in [-0.1, -0.05) is 78.0 Å². The van der Waals surface area contributed by atoms with Gasteiger partial charge in [0, 0.05) is 32.0 Å². The first-order valence-electron chi connectivity index (χ1n) is 15.8. The Morgan fingerprint density at radius 2 is 1.63 bits per heavy atom. The molecule has 0 bridgehead atoms. The maximum Gasteiger partial charge on any atom is 1.00 e. The monoisotopic (exact) mass is 731 g/mol. The molecule has 5 rings (SSSR count). The molecule has 2 heterocycles. The van der Waals surface area contributed by atoms with E-state index in [0.29, 0.717) is 5.69 Å². The van der Waals surface area contributed by atoms with Crippen LogP contribution >= 0.6 is 0 Å². The predicted molar refractivity (Wildman–Crippen MR) is 176 cm³/mol. The van der Waals surface area contributed by atoms with Crippen LogP contribution in [0.4, 0.5) is 0 Å². The van der Waals surface area contributed by atoms with Crippen LogP contribution in [0, 0.1) is 0 Å². The molecule has 0 unspecified atom stereocenters. The van der Waals surface area contributed by atoms with Crippen molar-refractivity contribution in [3.8, 4) is 22.4 Å². The summed E-state index contributed by atoms with van der Waals surface area (Å²) >= 11 is 0. The minimum Gasteiger partial charge on any atom is -0.544 e. The Kier molecular flexibility index (Phi) is 14.0. The number of hydrogen-bond donors (Lipinski definition) is 5. The molecule has 1 aliphatic heterocycles. The van der Waals surface area contributed by atoms with E-state index in [0.717, 1.165) is 23.6 Å². The van der Waals surface area contributed by atoms with Crippen molar-refractivity contribution in [1.29, 1.82) is 0 Å². The molecule has 0 aliphatic carbocycles. The average molecular weight is 732 g/mol. The molecule has 0 radical (unpaired) electrons. The quantitative estimate of drug-likeness (QED) is 0.0603. The molecule has 17 heteroatoms. The number of nitrogens with one attached hydrogen (secondary N) is 2. The van der Waals surface area contributed by atoms with Crippen molar-refractivity contribution >= 4 is 21.9 Å². The second-order valence-electron chi connectivity index (χ2n) is 11.9. The number of amides is 1. The number of benzene rings is 3. The summed E-state index contributed by atoms with van der Waals surface area (Å²) in [6, 6.07) is 23.6. The standard InChI is InChI=1S/C34H39N5O10S.Na/c1-22(40)36-30-28(41)19-34(33(44)45,49-32(30)31(43)29(42)20-35-50(46,47)26-11-6-3-7-12-26)48-18-8-17-39-21-27(37-38-39)25-15-13-24(14-16-25)23-9-4-2-5-10-23;/h2-7,9-16,21,28-32,35,41-43H,8,17-20H2,1H3,(H,36,40)(H,44,45);/q;+1/p-1/t28-,29+,30+,31+,32+,34+;/m0./s1. The van der Waals surface area contributed by atoms with Gasteiger partial charge in [0.1, 0.15) is 23.9 Å². The number of aliphatic carboxylic acids is 1. The van der Waals surface area contributed by atoms with Gasteiger partial charge in [-0.15, -0.1) is 5.10 Å². The summed E-state index contributed by atoms with van der Waals surface area (Å²) in [4.78, 5) is 24.3. The maximum absolute atomic E-state index is 12.6. The van der Waals surface area contributed by atoms with Gasteiger partial charge in [0.25, 0.3) is 0 Å². The second kappa shape index (κ2) is 17.8. The summed E-state index contributed by atoms with van der Waals surface area (Å²) in [6.07, 6.45) is -6.01. The van der Waals surface area contributed by atoms with E-state index in [9.17, 15) is 38.4 Å². The number of carbonyl (C=O) groups excluding carboxylic acids is 2. The van der Waals surface area contributed by atoms with Crippen LogP contribution in [0.25, 0.3) is 22.4 Å². The third kappa shape index (κ3) is 10.1. The van der Waals surface area contributed by atoms with Gasteiger partial charge in [0.2, 0.25) is 21.7 Å². The third-order valence-corrected chi connectivity index (χ3v) is 9.65. The minimum atomic E-state index is -4.09. The van der Waals surface area contributed by atoms with Crippen LogP contribution in [0.15, 0.2) is 96.0 Å². The molecule has 4 aromatic rings. The van der Waals surface area contributed by atoms with E-state index in [4.69, 9.17) is 9.47 Å². The number of carbonyl (C=O) groups is 2. The number of ether oxygens (including phenoxy) is 2. The fraction of sp³-hybridized carbons (Fsp3) is 0.353. The number of rotatable bonds is 15. The van der Waals surface area contributed by atoms with Crippen LogP contribution in [-0.4, -0.2) is 100 Å². The summed E-state index contributed by atoms with van der Waals surface area (Å²) in [5.41, 5.74) is 3.61. The molecular weight excluding hydrogens is 693 g/mol. The summed E-state index contributed by atoms with van der Waals surface area (Å²) in [5.74, 6) is -5.09. The van der Waals surface area contributed by atoms with E-state index in [-0.39, 0.29) is 54.0 Å².